The minimum Gasteiger partial charge on any atom is -0.462 e. The van der Waals surface area contributed by atoms with E-state index in [-0.39, 0.29) is 31.5 Å². The third-order valence-electron chi connectivity index (χ3n) is 3.78. The zero-order valence-corrected chi connectivity index (χ0v) is 15.0. The van der Waals surface area contributed by atoms with Gasteiger partial charge in [-0.1, -0.05) is 6.92 Å². The molecule has 0 radical (unpaired) electrons. The predicted octanol–water partition coefficient (Wildman–Crippen LogP) is 1.17. The summed E-state index contributed by atoms with van der Waals surface area (Å²) in [5, 5.41) is 6.06. The molecule has 8 heteroatoms. The van der Waals surface area contributed by atoms with Gasteiger partial charge in [-0.2, -0.15) is 0 Å². The number of piperazine rings is 1. The first-order chi connectivity index (χ1) is 11.5. The lowest BCUT2D eigenvalue weighted by molar-refractivity contribution is -0.125. The van der Waals surface area contributed by atoms with Gasteiger partial charge in [0.15, 0.2) is 0 Å². The topological polar surface area (TPSA) is 87.7 Å². The van der Waals surface area contributed by atoms with Crippen LogP contribution in [-0.2, 0) is 20.7 Å². The standard InChI is InChI=1S/C16H23N3O4S/c1-4-11-10(3)14(16(22)23-5-2)15(24-11)18-13(21)9-19-7-6-17-12(20)8-19/h4-9H2,1-3H3,(H,17,20)(H,18,21). The van der Waals surface area contributed by atoms with E-state index in [1.54, 1.807) is 11.8 Å². The molecule has 0 bridgehead atoms. The molecule has 1 fully saturated rings. The lowest BCUT2D eigenvalue weighted by Crippen LogP contribution is -2.49. The molecule has 0 saturated carbocycles. The van der Waals surface area contributed by atoms with E-state index in [0.29, 0.717) is 23.7 Å². The summed E-state index contributed by atoms with van der Waals surface area (Å²) in [6.07, 6.45) is 0.783. The van der Waals surface area contributed by atoms with E-state index < -0.39 is 5.97 Å². The van der Waals surface area contributed by atoms with Crippen LogP contribution in [0.4, 0.5) is 5.00 Å². The number of hydrogen-bond acceptors (Lipinski definition) is 6. The molecule has 7 nitrogen and oxygen atoms in total. The van der Waals surface area contributed by atoms with Crippen LogP contribution in [0.3, 0.4) is 0 Å². The second kappa shape index (κ2) is 8.25. The third-order valence-corrected chi connectivity index (χ3v) is 5.14. The van der Waals surface area contributed by atoms with Crippen LogP contribution in [0.15, 0.2) is 0 Å². The van der Waals surface area contributed by atoms with E-state index in [4.69, 9.17) is 4.74 Å². The van der Waals surface area contributed by atoms with Crippen molar-refractivity contribution in [3.63, 3.8) is 0 Å². The Morgan fingerprint density at radius 3 is 2.75 bits per heavy atom. The van der Waals surface area contributed by atoms with E-state index in [0.717, 1.165) is 16.9 Å². The molecule has 0 aromatic carbocycles. The van der Waals surface area contributed by atoms with E-state index in [9.17, 15) is 14.4 Å². The Balaban J connectivity index is 2.11. The first kappa shape index (κ1) is 18.4. The van der Waals surface area contributed by atoms with Crippen molar-refractivity contribution < 1.29 is 19.1 Å². The summed E-state index contributed by atoms with van der Waals surface area (Å²) in [4.78, 5) is 38.7. The first-order valence-electron chi connectivity index (χ1n) is 8.04. The maximum atomic E-state index is 12.3. The van der Waals surface area contributed by atoms with Gasteiger partial charge in [-0.05, 0) is 25.8 Å². The molecule has 1 aliphatic rings. The van der Waals surface area contributed by atoms with Gasteiger partial charge in [0.2, 0.25) is 11.8 Å². The summed E-state index contributed by atoms with van der Waals surface area (Å²) in [6.45, 7) is 7.41. The largest absolute Gasteiger partial charge is 0.462 e. The highest BCUT2D eigenvalue weighted by Crippen LogP contribution is 2.34. The maximum absolute atomic E-state index is 12.3. The second-order valence-electron chi connectivity index (χ2n) is 5.54. The van der Waals surface area contributed by atoms with Crippen molar-refractivity contribution in [2.75, 3.05) is 38.1 Å². The number of nitrogens with zero attached hydrogens (tertiary/aromatic N) is 1. The molecule has 2 amide bonds. The molecule has 2 N–H and O–H groups in total. The maximum Gasteiger partial charge on any atom is 0.341 e. The van der Waals surface area contributed by atoms with Crippen molar-refractivity contribution in [1.82, 2.24) is 10.2 Å². The van der Waals surface area contributed by atoms with Crippen LogP contribution in [0.2, 0.25) is 0 Å². The van der Waals surface area contributed by atoms with Gasteiger partial charge in [0.1, 0.15) is 5.00 Å². The van der Waals surface area contributed by atoms with Crippen molar-refractivity contribution >= 4 is 34.1 Å². The zero-order chi connectivity index (χ0) is 17.7. The van der Waals surface area contributed by atoms with Crippen LogP contribution >= 0.6 is 11.3 Å². The molecule has 1 aliphatic heterocycles. The van der Waals surface area contributed by atoms with Crippen molar-refractivity contribution in [2.24, 2.45) is 0 Å². The lowest BCUT2D eigenvalue weighted by atomic mass is 10.1. The van der Waals surface area contributed by atoms with Gasteiger partial charge in [0, 0.05) is 18.0 Å². The fourth-order valence-corrected chi connectivity index (χ4v) is 3.78. The fourth-order valence-electron chi connectivity index (χ4n) is 2.63. The van der Waals surface area contributed by atoms with Crippen molar-refractivity contribution in [3.05, 3.63) is 16.0 Å². The number of ether oxygens (including phenoxy) is 1. The monoisotopic (exact) mass is 353 g/mol. The Morgan fingerprint density at radius 1 is 1.38 bits per heavy atom. The van der Waals surface area contributed by atoms with Gasteiger partial charge in [0.25, 0.3) is 0 Å². The molecule has 2 rings (SSSR count). The summed E-state index contributed by atoms with van der Waals surface area (Å²) in [5.74, 6) is -0.737. The molecule has 0 unspecified atom stereocenters. The molecular weight excluding hydrogens is 330 g/mol. The van der Waals surface area contributed by atoms with E-state index in [2.05, 4.69) is 10.6 Å². The summed E-state index contributed by atoms with van der Waals surface area (Å²) < 4.78 is 5.11. The molecule has 0 atom stereocenters. The lowest BCUT2D eigenvalue weighted by Gasteiger charge is -2.25. The number of aryl methyl sites for hydroxylation is 1. The number of nitrogens with one attached hydrogen (secondary N) is 2. The average molecular weight is 353 g/mol. The Labute approximate surface area is 145 Å². The molecule has 1 aromatic rings. The van der Waals surface area contributed by atoms with E-state index in [1.807, 2.05) is 13.8 Å². The van der Waals surface area contributed by atoms with E-state index in [1.165, 1.54) is 11.3 Å². The Kier molecular flexibility index (Phi) is 6.33. The number of carbonyl (C=O) groups is 3. The normalized spacial score (nSPS) is 15.0. The number of hydrogen-bond donors (Lipinski definition) is 2. The second-order valence-corrected chi connectivity index (χ2v) is 6.64. The van der Waals surface area contributed by atoms with Crippen LogP contribution in [0.25, 0.3) is 0 Å². The van der Waals surface area contributed by atoms with Gasteiger partial charge in [-0.25, -0.2) is 4.79 Å². The number of esters is 1. The van der Waals surface area contributed by atoms with Gasteiger partial charge >= 0.3 is 5.97 Å². The van der Waals surface area contributed by atoms with Gasteiger partial charge in [-0.3, -0.25) is 14.5 Å². The molecule has 132 valence electrons. The minimum atomic E-state index is -0.418. The highest BCUT2D eigenvalue weighted by molar-refractivity contribution is 7.17. The number of rotatable bonds is 6. The summed E-state index contributed by atoms with van der Waals surface area (Å²) in [5.41, 5.74) is 1.29. The summed E-state index contributed by atoms with van der Waals surface area (Å²) >= 11 is 1.40. The van der Waals surface area contributed by atoms with Crippen molar-refractivity contribution in [3.8, 4) is 0 Å². The average Bonchev–Trinajstić information content (AvgIpc) is 2.83. The van der Waals surface area contributed by atoms with Gasteiger partial charge < -0.3 is 15.4 Å². The summed E-state index contributed by atoms with van der Waals surface area (Å²) in [6, 6.07) is 0. The highest BCUT2D eigenvalue weighted by Gasteiger charge is 2.24. The van der Waals surface area contributed by atoms with E-state index >= 15 is 0 Å². The van der Waals surface area contributed by atoms with Crippen LogP contribution in [0.5, 0.6) is 0 Å². The van der Waals surface area contributed by atoms with Crippen LogP contribution in [0.1, 0.15) is 34.6 Å². The highest BCUT2D eigenvalue weighted by atomic mass is 32.1. The first-order valence-corrected chi connectivity index (χ1v) is 8.86. The molecule has 0 spiro atoms. The Hall–Kier alpha value is -1.93. The van der Waals surface area contributed by atoms with Gasteiger partial charge in [0.05, 0.1) is 25.3 Å². The summed E-state index contributed by atoms with van der Waals surface area (Å²) in [7, 11) is 0. The number of thiophene rings is 1. The molecule has 1 aromatic heterocycles. The van der Waals surface area contributed by atoms with Gasteiger partial charge in [-0.15, -0.1) is 11.3 Å². The molecular formula is C16H23N3O4S. The van der Waals surface area contributed by atoms with Crippen molar-refractivity contribution in [2.45, 2.75) is 27.2 Å². The molecule has 24 heavy (non-hydrogen) atoms. The van der Waals surface area contributed by atoms with Crippen LogP contribution < -0.4 is 10.6 Å². The SMILES string of the molecule is CCOC(=O)c1c(NC(=O)CN2CCNC(=O)C2)sc(CC)c1C. The number of amides is 2. The molecule has 2 heterocycles. The Bertz CT molecular complexity index is 642. The van der Waals surface area contributed by atoms with Crippen molar-refractivity contribution in [1.29, 1.82) is 0 Å². The minimum absolute atomic E-state index is 0.0819. The quantitative estimate of drug-likeness (QED) is 0.750. The van der Waals surface area contributed by atoms with Crippen LogP contribution in [0, 0.1) is 6.92 Å². The predicted molar refractivity (Wildman–Crippen MR) is 92.5 cm³/mol. The third kappa shape index (κ3) is 4.33. The Morgan fingerprint density at radius 2 is 2.12 bits per heavy atom. The molecule has 0 aliphatic carbocycles. The smallest absolute Gasteiger partial charge is 0.341 e. The molecule has 1 saturated heterocycles. The zero-order valence-electron chi connectivity index (χ0n) is 14.2. The van der Waals surface area contributed by atoms with Crippen LogP contribution in [-0.4, -0.2) is 55.5 Å². The fraction of sp³-hybridized carbons (Fsp3) is 0.562. The number of carbonyl (C=O) groups excluding carboxylic acids is 3. The number of anilines is 1.